The van der Waals surface area contributed by atoms with Gasteiger partial charge >= 0.3 is 0 Å². The highest BCUT2D eigenvalue weighted by Gasteiger charge is 2.46. The highest BCUT2D eigenvalue weighted by molar-refractivity contribution is 6.46. The van der Waals surface area contributed by atoms with Crippen LogP contribution in [0.3, 0.4) is 0 Å². The van der Waals surface area contributed by atoms with E-state index in [0.29, 0.717) is 25.3 Å². The summed E-state index contributed by atoms with van der Waals surface area (Å²) in [5.74, 6) is -0.628. The van der Waals surface area contributed by atoms with Crippen molar-refractivity contribution in [3.63, 3.8) is 0 Å². The van der Waals surface area contributed by atoms with Crippen LogP contribution in [0.1, 0.15) is 69.8 Å². The van der Waals surface area contributed by atoms with E-state index in [4.69, 9.17) is 4.74 Å². The van der Waals surface area contributed by atoms with Crippen molar-refractivity contribution < 1.29 is 19.4 Å². The zero-order valence-corrected chi connectivity index (χ0v) is 22.7. The fourth-order valence-corrected chi connectivity index (χ4v) is 4.79. The van der Waals surface area contributed by atoms with Gasteiger partial charge in [0.2, 0.25) is 0 Å². The summed E-state index contributed by atoms with van der Waals surface area (Å²) in [7, 11) is 0. The summed E-state index contributed by atoms with van der Waals surface area (Å²) in [5.41, 5.74) is 3.16. The van der Waals surface area contributed by atoms with Crippen LogP contribution in [0, 0.1) is 6.92 Å². The Kier molecular flexibility index (Phi) is 8.62. The number of nitrogens with zero attached hydrogens (tertiary/aromatic N) is 2. The molecular weight excluding hydrogens is 452 g/mol. The Labute approximate surface area is 215 Å². The first kappa shape index (κ1) is 27.5. The third kappa shape index (κ3) is 5.65. The number of likely N-dealkylation sites (tertiary alicyclic amines) is 1. The number of likely N-dealkylation sites (N-methyl/N-ethyl adjacent to an activating group) is 1. The standard InChI is InChI=1S/C30H40N2O4/c1-8-31(9-2)16-17-32-26(21-13-11-12-20(4)18-21)25(28(34)29(32)35)27(33)22-14-15-24(36-10-3)23(19-22)30(5,6)7/h11-15,18-19,26,33H,8-10,16-17H2,1-7H3/b27-25-. The van der Waals surface area contributed by atoms with Crippen molar-refractivity contribution in [2.75, 3.05) is 32.8 Å². The summed E-state index contributed by atoms with van der Waals surface area (Å²) in [4.78, 5) is 30.5. The van der Waals surface area contributed by atoms with Crippen molar-refractivity contribution in [2.24, 2.45) is 0 Å². The van der Waals surface area contributed by atoms with Gasteiger partial charge in [0, 0.05) is 24.2 Å². The minimum Gasteiger partial charge on any atom is -0.507 e. The molecule has 1 N–H and O–H groups in total. The number of aliphatic hydroxyl groups excluding tert-OH is 1. The largest absolute Gasteiger partial charge is 0.507 e. The zero-order valence-electron chi connectivity index (χ0n) is 22.7. The number of aryl methyl sites for hydroxylation is 1. The molecule has 0 bridgehead atoms. The monoisotopic (exact) mass is 492 g/mol. The normalized spacial score (nSPS) is 17.8. The molecule has 1 saturated heterocycles. The molecule has 0 aromatic heterocycles. The molecule has 0 radical (unpaired) electrons. The van der Waals surface area contributed by atoms with Crippen molar-refractivity contribution in [3.05, 3.63) is 70.3 Å². The maximum absolute atomic E-state index is 13.4. The maximum Gasteiger partial charge on any atom is 0.295 e. The van der Waals surface area contributed by atoms with Gasteiger partial charge in [-0.3, -0.25) is 9.59 Å². The number of benzene rings is 2. The summed E-state index contributed by atoms with van der Waals surface area (Å²) in [6.45, 7) is 17.6. The van der Waals surface area contributed by atoms with Crippen LogP contribution < -0.4 is 4.74 Å². The van der Waals surface area contributed by atoms with E-state index >= 15 is 0 Å². The number of Topliss-reactive ketones (excluding diaryl/α,β-unsaturated/α-hetero) is 1. The Bertz CT molecular complexity index is 1140. The molecule has 6 heteroatoms. The van der Waals surface area contributed by atoms with Crippen molar-refractivity contribution in [1.29, 1.82) is 0 Å². The molecule has 1 aliphatic rings. The quantitative estimate of drug-likeness (QED) is 0.286. The van der Waals surface area contributed by atoms with Crippen LogP contribution in [-0.4, -0.2) is 59.4 Å². The van der Waals surface area contributed by atoms with Crippen LogP contribution in [0.4, 0.5) is 0 Å². The molecule has 0 saturated carbocycles. The number of ketones is 1. The Hall–Kier alpha value is -3.12. The number of carbonyl (C=O) groups excluding carboxylic acids is 2. The van der Waals surface area contributed by atoms with Crippen LogP contribution in [-0.2, 0) is 15.0 Å². The molecule has 0 spiro atoms. The summed E-state index contributed by atoms with van der Waals surface area (Å²) in [6.07, 6.45) is 0. The summed E-state index contributed by atoms with van der Waals surface area (Å²) in [5, 5.41) is 11.5. The van der Waals surface area contributed by atoms with E-state index in [9.17, 15) is 14.7 Å². The van der Waals surface area contributed by atoms with Gasteiger partial charge in [0.05, 0.1) is 18.2 Å². The van der Waals surface area contributed by atoms with Gasteiger partial charge in [0.25, 0.3) is 11.7 Å². The second kappa shape index (κ2) is 11.3. The number of amides is 1. The van der Waals surface area contributed by atoms with Gasteiger partial charge in [-0.1, -0.05) is 64.4 Å². The van der Waals surface area contributed by atoms with Gasteiger partial charge in [-0.25, -0.2) is 0 Å². The lowest BCUT2D eigenvalue weighted by molar-refractivity contribution is -0.140. The van der Waals surface area contributed by atoms with E-state index in [-0.39, 0.29) is 16.7 Å². The lowest BCUT2D eigenvalue weighted by atomic mass is 9.84. The SMILES string of the molecule is CCOc1ccc(/C(O)=C2/C(=O)C(=O)N(CCN(CC)CC)C2c2cccc(C)c2)cc1C(C)(C)C. The van der Waals surface area contributed by atoms with Gasteiger partial charge in [-0.15, -0.1) is 0 Å². The number of carbonyl (C=O) groups is 2. The minimum atomic E-state index is -0.648. The molecule has 0 aliphatic carbocycles. The number of ether oxygens (including phenoxy) is 1. The van der Waals surface area contributed by atoms with Crippen LogP contribution >= 0.6 is 0 Å². The van der Waals surface area contributed by atoms with Crippen LogP contribution in [0.5, 0.6) is 5.75 Å². The Morgan fingerprint density at radius 3 is 2.33 bits per heavy atom. The highest BCUT2D eigenvalue weighted by atomic mass is 16.5. The number of rotatable bonds is 9. The topological polar surface area (TPSA) is 70.1 Å². The number of aliphatic hydroxyl groups is 1. The van der Waals surface area contributed by atoms with E-state index in [0.717, 1.165) is 35.5 Å². The number of hydrogen-bond acceptors (Lipinski definition) is 5. The van der Waals surface area contributed by atoms with E-state index in [1.54, 1.807) is 11.0 Å². The average Bonchev–Trinajstić information content (AvgIpc) is 3.09. The second-order valence-electron chi connectivity index (χ2n) is 10.3. The molecule has 36 heavy (non-hydrogen) atoms. The lowest BCUT2D eigenvalue weighted by Crippen LogP contribution is -2.38. The molecular formula is C30H40N2O4. The molecule has 3 rings (SSSR count). The van der Waals surface area contributed by atoms with Crippen molar-refractivity contribution in [1.82, 2.24) is 9.80 Å². The minimum absolute atomic E-state index is 0.133. The van der Waals surface area contributed by atoms with E-state index < -0.39 is 17.7 Å². The first-order chi connectivity index (χ1) is 17.0. The van der Waals surface area contributed by atoms with Crippen LogP contribution in [0.25, 0.3) is 5.76 Å². The van der Waals surface area contributed by atoms with Gasteiger partial charge in [-0.2, -0.15) is 0 Å². The zero-order chi connectivity index (χ0) is 26.6. The van der Waals surface area contributed by atoms with Crippen molar-refractivity contribution >= 4 is 17.4 Å². The highest BCUT2D eigenvalue weighted by Crippen LogP contribution is 2.41. The Balaban J connectivity index is 2.17. The lowest BCUT2D eigenvalue weighted by Gasteiger charge is -2.28. The smallest absolute Gasteiger partial charge is 0.295 e. The molecule has 194 valence electrons. The molecule has 1 heterocycles. The van der Waals surface area contributed by atoms with Crippen LogP contribution in [0.15, 0.2) is 48.0 Å². The van der Waals surface area contributed by atoms with E-state index in [1.165, 1.54) is 0 Å². The molecule has 2 aromatic carbocycles. The first-order valence-electron chi connectivity index (χ1n) is 12.9. The molecule has 2 aromatic rings. The third-order valence-electron chi connectivity index (χ3n) is 6.81. The van der Waals surface area contributed by atoms with E-state index in [1.807, 2.05) is 50.2 Å². The first-order valence-corrected chi connectivity index (χ1v) is 12.9. The van der Waals surface area contributed by atoms with Crippen molar-refractivity contribution in [2.45, 2.75) is 59.9 Å². The van der Waals surface area contributed by atoms with Gasteiger partial charge in [0.15, 0.2) is 0 Å². The average molecular weight is 493 g/mol. The molecule has 6 nitrogen and oxygen atoms in total. The van der Waals surface area contributed by atoms with Crippen LogP contribution in [0.2, 0.25) is 0 Å². The van der Waals surface area contributed by atoms with Gasteiger partial charge in [-0.05, 0) is 56.1 Å². The molecule has 1 aliphatic heterocycles. The fraction of sp³-hybridized carbons (Fsp3) is 0.467. The predicted molar refractivity (Wildman–Crippen MR) is 144 cm³/mol. The molecule has 1 fully saturated rings. The van der Waals surface area contributed by atoms with Crippen molar-refractivity contribution in [3.8, 4) is 5.75 Å². The summed E-state index contributed by atoms with van der Waals surface area (Å²) >= 11 is 0. The predicted octanol–water partition coefficient (Wildman–Crippen LogP) is 5.45. The molecule has 1 atom stereocenters. The van der Waals surface area contributed by atoms with Gasteiger partial charge < -0.3 is 19.6 Å². The second-order valence-corrected chi connectivity index (χ2v) is 10.3. The maximum atomic E-state index is 13.4. The summed E-state index contributed by atoms with van der Waals surface area (Å²) in [6, 6.07) is 12.6. The van der Waals surface area contributed by atoms with E-state index in [2.05, 4.69) is 39.5 Å². The third-order valence-corrected chi connectivity index (χ3v) is 6.81. The summed E-state index contributed by atoms with van der Waals surface area (Å²) < 4.78 is 5.83. The molecule has 1 amide bonds. The Morgan fingerprint density at radius 2 is 1.75 bits per heavy atom. The number of hydrogen-bond donors (Lipinski definition) is 1. The fourth-order valence-electron chi connectivity index (χ4n) is 4.79. The molecule has 1 unspecified atom stereocenters. The van der Waals surface area contributed by atoms with Gasteiger partial charge in [0.1, 0.15) is 11.5 Å². The Morgan fingerprint density at radius 1 is 1.06 bits per heavy atom.